The van der Waals surface area contributed by atoms with Crippen molar-refractivity contribution in [3.05, 3.63) is 15.3 Å². The number of hydrogen-bond acceptors (Lipinski definition) is 17. The molecule has 5 saturated carbocycles. The number of rotatable bonds is 12. The maximum absolute atomic E-state index is 14.4. The molecule has 0 aromatic heterocycles. The third-order valence-corrected chi connectivity index (χ3v) is 18.1. The summed E-state index contributed by atoms with van der Waals surface area (Å²) in [4.78, 5) is 72.6. The third kappa shape index (κ3) is 5.46. The molecular weight excluding hydrogens is 794 g/mol. The normalized spacial score (nSPS) is 52.9. The highest BCUT2D eigenvalue weighted by Gasteiger charge is 2.94. The average molecular weight is 856 g/mol. The van der Waals surface area contributed by atoms with Gasteiger partial charge in [-0.2, -0.15) is 4.91 Å². The fourth-order valence-corrected chi connectivity index (χ4v) is 15.3. The van der Waals surface area contributed by atoms with E-state index >= 15 is 0 Å². The zero-order valence-corrected chi connectivity index (χ0v) is 36.0. The molecule has 3 unspecified atom stereocenters. The fourth-order valence-electron chi connectivity index (χ4n) is 15.3. The van der Waals surface area contributed by atoms with Crippen molar-refractivity contribution < 1.29 is 52.7 Å². The number of azide groups is 1. The summed E-state index contributed by atoms with van der Waals surface area (Å²) in [6.07, 6.45) is -1.55. The Kier molecular flexibility index (Phi) is 10.0. The number of carbonyl (C=O) groups excluding carboxylic acids is 4. The number of esters is 4. The Labute approximate surface area is 354 Å². The van der Waals surface area contributed by atoms with Crippen LogP contribution < -0.4 is 16.4 Å². The van der Waals surface area contributed by atoms with E-state index in [-0.39, 0.29) is 31.7 Å². The lowest BCUT2D eigenvalue weighted by Crippen LogP contribution is -2.82. The molecular formula is C42H61N7O12. The summed E-state index contributed by atoms with van der Waals surface area (Å²) in [5.74, 6) is -8.97. The minimum Gasteiger partial charge on any atom is -0.460 e. The first kappa shape index (κ1) is 42.8. The molecule has 21 atom stereocenters. The number of nitrogens with two attached hydrogens (primary N) is 1. The van der Waals surface area contributed by atoms with E-state index in [9.17, 15) is 29.2 Å². The summed E-state index contributed by atoms with van der Waals surface area (Å²) in [6, 6.07) is -1.83. The van der Waals surface area contributed by atoms with Crippen molar-refractivity contribution in [1.82, 2.24) is 10.6 Å². The van der Waals surface area contributed by atoms with Crippen molar-refractivity contribution in [2.75, 3.05) is 26.7 Å². The van der Waals surface area contributed by atoms with Crippen molar-refractivity contribution in [1.29, 1.82) is 0 Å². The van der Waals surface area contributed by atoms with Gasteiger partial charge in [0.15, 0.2) is 0 Å². The number of unbranched alkanes of at least 4 members (excludes halogenated alkanes) is 1. The van der Waals surface area contributed by atoms with Crippen LogP contribution in [0.5, 0.6) is 0 Å². The summed E-state index contributed by atoms with van der Waals surface area (Å²) in [5, 5.41) is 27.6. The van der Waals surface area contributed by atoms with Crippen LogP contribution in [-0.2, 0) is 47.6 Å². The molecule has 19 heteroatoms. The van der Waals surface area contributed by atoms with E-state index in [1.807, 2.05) is 27.8 Å². The fraction of sp³-hybridized carbons (Fsp3) is 0.905. The smallest absolute Gasteiger partial charge is 0.353 e. The molecule has 1 spiro atoms. The van der Waals surface area contributed by atoms with Gasteiger partial charge in [0.1, 0.15) is 18.3 Å². The van der Waals surface area contributed by atoms with Crippen molar-refractivity contribution in [2.24, 2.45) is 73.7 Å². The van der Waals surface area contributed by atoms with Gasteiger partial charge in [0.25, 0.3) is 5.79 Å². The molecule has 19 nitrogen and oxygen atoms in total. The minimum atomic E-state index is -1.92. The van der Waals surface area contributed by atoms with E-state index in [1.54, 1.807) is 6.92 Å². The first-order valence-corrected chi connectivity index (χ1v) is 22.2. The van der Waals surface area contributed by atoms with Gasteiger partial charge >= 0.3 is 23.9 Å². The number of ether oxygens (including phenoxy) is 6. The molecule has 5 aliphatic carbocycles. The molecule has 0 aromatic rings. The van der Waals surface area contributed by atoms with Crippen molar-refractivity contribution in [3.8, 4) is 0 Å². The number of nitroso groups, excluding NO2 is 1. The van der Waals surface area contributed by atoms with Gasteiger partial charge in [-0.1, -0.05) is 31.1 Å². The van der Waals surface area contributed by atoms with Crippen LogP contribution in [0.25, 0.3) is 10.4 Å². The van der Waals surface area contributed by atoms with Gasteiger partial charge in [0.2, 0.25) is 5.60 Å². The quantitative estimate of drug-likeness (QED) is 0.0321. The Morgan fingerprint density at radius 1 is 1.08 bits per heavy atom. The van der Waals surface area contributed by atoms with Gasteiger partial charge < -0.3 is 49.9 Å². The predicted molar refractivity (Wildman–Crippen MR) is 211 cm³/mol. The monoisotopic (exact) mass is 855 g/mol. The van der Waals surface area contributed by atoms with Crippen LogP contribution in [0.1, 0.15) is 86.5 Å². The highest BCUT2D eigenvalue weighted by molar-refractivity contribution is 5.88. The number of aliphatic hydroxyl groups excluding tert-OH is 1. The zero-order valence-electron chi connectivity index (χ0n) is 36.0. The second kappa shape index (κ2) is 14.3. The Bertz CT molecular complexity index is 1940. The third-order valence-electron chi connectivity index (χ3n) is 18.1. The molecule has 0 amide bonds. The van der Waals surface area contributed by atoms with E-state index in [1.165, 1.54) is 13.8 Å². The van der Waals surface area contributed by atoms with E-state index in [4.69, 9.17) is 39.7 Å². The first-order chi connectivity index (χ1) is 28.9. The van der Waals surface area contributed by atoms with Gasteiger partial charge in [0, 0.05) is 66.0 Å². The van der Waals surface area contributed by atoms with Crippen molar-refractivity contribution in [2.45, 2.75) is 152 Å². The van der Waals surface area contributed by atoms with Crippen LogP contribution in [0.3, 0.4) is 0 Å². The highest BCUT2D eigenvalue weighted by atomic mass is 16.8. The van der Waals surface area contributed by atoms with Crippen LogP contribution in [0.4, 0.5) is 0 Å². The summed E-state index contributed by atoms with van der Waals surface area (Å²) >= 11 is 0. The molecule has 9 aliphatic rings. The molecule has 9 fully saturated rings. The number of hydrogen-bond donors (Lipinski definition) is 4. The van der Waals surface area contributed by atoms with Crippen LogP contribution in [-0.4, -0.2) is 121 Å². The van der Waals surface area contributed by atoms with Crippen LogP contribution in [0, 0.1) is 62.6 Å². The second-order valence-electron chi connectivity index (χ2n) is 20.5. The maximum atomic E-state index is 14.4. The molecule has 4 heterocycles. The second-order valence-corrected chi connectivity index (χ2v) is 20.5. The molecule has 0 radical (unpaired) electrons. The Balaban J connectivity index is 1.20. The van der Waals surface area contributed by atoms with Crippen LogP contribution in [0.15, 0.2) is 10.3 Å². The molecule has 336 valence electrons. The standard InChI is InChI=1S/C42H61N7O12/c1-18-25-28(39(5)40(6,36(54)61-42(39)34(18)60-42)59-23(51)12-8-9-13-45-7)29(48-55)26-24-27(31(56-19(2)50)33(52)38(25,26)4)37(3)15-21-22(57-21)16-41(37,43)32-30(24)58-35(53)20(17-46-32)11-10-14-47-49-44/h18,20-22,24-34,45-46,52H,8-17,43H2,1-7H3/t18-,20?,21+,22-,24?,25-,26+,27?,28-,29+,30+,31-,32+,33-,34+,37+,38+,39-,40+,41-,42-/m0/s1. The number of aliphatic hydroxyl groups is 1. The summed E-state index contributed by atoms with van der Waals surface area (Å²) in [7, 11) is 1.82. The van der Waals surface area contributed by atoms with Crippen LogP contribution in [0.2, 0.25) is 0 Å². The van der Waals surface area contributed by atoms with E-state index < -0.39 is 135 Å². The highest BCUT2D eigenvalue weighted by Crippen LogP contribution is 2.81. The zero-order chi connectivity index (χ0) is 43.8. The van der Waals surface area contributed by atoms with E-state index in [0.717, 1.165) is 0 Å². The average Bonchev–Trinajstić information content (AvgIpc) is 4.10. The Morgan fingerprint density at radius 3 is 2.51 bits per heavy atom. The van der Waals surface area contributed by atoms with Gasteiger partial charge in [0.05, 0.1) is 41.7 Å². The Morgan fingerprint density at radius 2 is 1.82 bits per heavy atom. The number of carbonyl (C=O) groups is 4. The number of epoxide rings is 2. The minimum absolute atomic E-state index is 0.0452. The maximum Gasteiger partial charge on any atom is 0.353 e. The summed E-state index contributed by atoms with van der Waals surface area (Å²) < 4.78 is 38.1. The molecule has 4 aliphatic heterocycles. The lowest BCUT2D eigenvalue weighted by molar-refractivity contribution is -0.269. The predicted octanol–water partition coefficient (Wildman–Crippen LogP) is 2.40. The first-order valence-electron chi connectivity index (χ1n) is 22.2. The number of nitrogens with zero attached hydrogens (tertiary/aromatic N) is 4. The van der Waals surface area contributed by atoms with Crippen LogP contribution >= 0.6 is 0 Å². The van der Waals surface area contributed by atoms with Crippen molar-refractivity contribution in [3.63, 3.8) is 0 Å². The molecule has 9 rings (SSSR count). The molecule has 0 aromatic carbocycles. The van der Waals surface area contributed by atoms with Gasteiger partial charge in [-0.3, -0.25) is 14.4 Å². The molecule has 0 bridgehead atoms. The lowest BCUT2D eigenvalue weighted by atomic mass is 9.39. The summed E-state index contributed by atoms with van der Waals surface area (Å²) in [6.45, 7) is 11.6. The van der Waals surface area contributed by atoms with Gasteiger partial charge in [-0.15, -0.1) is 0 Å². The van der Waals surface area contributed by atoms with Crippen molar-refractivity contribution >= 4 is 23.9 Å². The lowest BCUT2D eigenvalue weighted by Gasteiger charge is -2.69. The molecule has 5 N–H and O–H groups in total. The number of nitrogens with one attached hydrogen (secondary N) is 2. The van der Waals surface area contributed by atoms with Gasteiger partial charge in [-0.05, 0) is 88.7 Å². The Hall–Kier alpha value is -3.45. The topological polar surface area (TPSA) is 279 Å². The molecule has 4 saturated heterocycles. The number of fused-ring (bicyclic) bond motifs is 12. The van der Waals surface area contributed by atoms with E-state index in [2.05, 4.69) is 25.8 Å². The SMILES string of the molecule is CNCCCCC(=O)O[C@]1(C)C(=O)O[C@@]23O[C@@H]2[C@@H](C)[C@H]2[C@@H]([C@H](N=O)[C@H]4C5C([C@H](OC(C)=O)[C@H](O)[C@]24C)[C@@]2(C)C[C@H]4O[C@H]4C[C@]2(N)[C@@H]2NCC(CCCN=[N+]=[N-])C(=O)O[C@H]52)[C@]31C. The largest absolute Gasteiger partial charge is 0.460 e. The van der Waals surface area contributed by atoms with Gasteiger partial charge in [-0.25, -0.2) is 4.79 Å². The summed E-state index contributed by atoms with van der Waals surface area (Å²) in [5.41, 5.74) is 9.89. The molecule has 61 heavy (non-hydrogen) atoms. The van der Waals surface area contributed by atoms with E-state index in [0.29, 0.717) is 45.1 Å².